The third-order valence-corrected chi connectivity index (χ3v) is 1.52. The summed E-state index contributed by atoms with van der Waals surface area (Å²) in [5.74, 6) is 2.71. The van der Waals surface area contributed by atoms with Gasteiger partial charge in [-0.05, 0) is 13.3 Å². The second kappa shape index (κ2) is 9.07. The van der Waals surface area contributed by atoms with Crippen LogP contribution in [0.2, 0.25) is 0 Å². The predicted octanol–water partition coefficient (Wildman–Crippen LogP) is 1.29. The van der Waals surface area contributed by atoms with E-state index in [2.05, 4.69) is 17.6 Å². The average molecular weight is 212 g/mol. The van der Waals surface area contributed by atoms with E-state index < -0.39 is 11.9 Å². The van der Waals surface area contributed by atoms with E-state index in [9.17, 15) is 9.59 Å². The Balaban J connectivity index is 3.67. The molecule has 15 heavy (non-hydrogen) atoms. The number of carbonyl (C=O) groups is 2. The minimum atomic E-state index is -0.706. The Morgan fingerprint density at radius 2 is 1.60 bits per heavy atom. The van der Waals surface area contributed by atoms with Gasteiger partial charge in [-0.2, -0.15) is 0 Å². The van der Waals surface area contributed by atoms with Crippen molar-refractivity contribution in [3.8, 4) is 11.8 Å². The third kappa shape index (κ3) is 8.82. The fourth-order valence-electron chi connectivity index (χ4n) is 0.822. The quantitative estimate of drug-likeness (QED) is 0.298. The number of hydrogen-bond acceptors (Lipinski definition) is 4. The minimum Gasteiger partial charge on any atom is -0.456 e. The Kier molecular flexibility index (Phi) is 8.16. The maximum Gasteiger partial charge on any atom is 0.384 e. The maximum atomic E-state index is 10.9. The van der Waals surface area contributed by atoms with Crippen molar-refractivity contribution in [2.45, 2.75) is 33.1 Å². The van der Waals surface area contributed by atoms with E-state index in [1.165, 1.54) is 0 Å². The number of rotatable bonds is 5. The van der Waals surface area contributed by atoms with Crippen LogP contribution in [0.1, 0.15) is 33.1 Å². The molecule has 0 aliphatic heterocycles. The first-order valence-corrected chi connectivity index (χ1v) is 5.06. The predicted molar refractivity (Wildman–Crippen MR) is 54.9 cm³/mol. The fourth-order valence-corrected chi connectivity index (χ4v) is 0.822. The van der Waals surface area contributed by atoms with Crippen molar-refractivity contribution in [2.75, 3.05) is 13.2 Å². The highest BCUT2D eigenvalue weighted by atomic mass is 16.5. The molecule has 4 heteroatoms. The van der Waals surface area contributed by atoms with Crippen LogP contribution in [-0.4, -0.2) is 25.2 Å². The van der Waals surface area contributed by atoms with E-state index in [4.69, 9.17) is 4.74 Å². The van der Waals surface area contributed by atoms with Gasteiger partial charge in [0.1, 0.15) is 0 Å². The highest BCUT2D eigenvalue weighted by Gasteiger charge is 1.98. The number of esters is 2. The van der Waals surface area contributed by atoms with Crippen LogP contribution in [0, 0.1) is 11.8 Å². The van der Waals surface area contributed by atoms with Crippen LogP contribution in [0.15, 0.2) is 0 Å². The molecule has 0 spiro atoms. The zero-order valence-corrected chi connectivity index (χ0v) is 9.17. The zero-order chi connectivity index (χ0) is 11.5. The highest BCUT2D eigenvalue weighted by molar-refractivity contribution is 5.98. The molecule has 0 fully saturated rings. The van der Waals surface area contributed by atoms with Gasteiger partial charge in [-0.3, -0.25) is 0 Å². The van der Waals surface area contributed by atoms with Gasteiger partial charge in [-0.15, -0.1) is 0 Å². The first-order valence-electron chi connectivity index (χ1n) is 5.06. The van der Waals surface area contributed by atoms with E-state index in [0.717, 1.165) is 19.3 Å². The molecule has 0 saturated carbocycles. The van der Waals surface area contributed by atoms with Gasteiger partial charge in [-0.25, -0.2) is 9.59 Å². The Morgan fingerprint density at radius 3 is 2.13 bits per heavy atom. The van der Waals surface area contributed by atoms with Crippen LogP contribution in [0.5, 0.6) is 0 Å². The molecule has 0 aromatic rings. The summed E-state index contributed by atoms with van der Waals surface area (Å²) in [5.41, 5.74) is 0. The molecule has 0 unspecified atom stereocenters. The maximum absolute atomic E-state index is 10.9. The van der Waals surface area contributed by atoms with E-state index in [1.54, 1.807) is 6.92 Å². The van der Waals surface area contributed by atoms with Gasteiger partial charge in [0.25, 0.3) is 0 Å². The molecular weight excluding hydrogens is 196 g/mol. The number of hydrogen-bond donors (Lipinski definition) is 0. The monoisotopic (exact) mass is 212 g/mol. The zero-order valence-electron chi connectivity index (χ0n) is 9.17. The normalized spacial score (nSPS) is 8.67. The molecule has 0 amide bonds. The lowest BCUT2D eigenvalue weighted by molar-refractivity contribution is -0.138. The highest BCUT2D eigenvalue weighted by Crippen LogP contribution is 1.93. The molecule has 0 aromatic carbocycles. The van der Waals surface area contributed by atoms with Gasteiger partial charge in [0, 0.05) is 11.8 Å². The number of unbranched alkanes of at least 4 members (excludes halogenated alkanes) is 2. The van der Waals surface area contributed by atoms with Crippen molar-refractivity contribution < 1.29 is 19.1 Å². The van der Waals surface area contributed by atoms with Crippen molar-refractivity contribution >= 4 is 11.9 Å². The molecule has 0 heterocycles. The van der Waals surface area contributed by atoms with Gasteiger partial charge < -0.3 is 9.47 Å². The first kappa shape index (κ1) is 13.5. The van der Waals surface area contributed by atoms with Crippen LogP contribution in [0.25, 0.3) is 0 Å². The molecule has 84 valence electrons. The lowest BCUT2D eigenvalue weighted by atomic mass is 10.3. The lowest BCUT2D eigenvalue weighted by Crippen LogP contribution is -2.05. The Bertz CT molecular complexity index is 259. The summed E-state index contributed by atoms with van der Waals surface area (Å²) in [7, 11) is 0. The smallest absolute Gasteiger partial charge is 0.384 e. The molecule has 0 aromatic heterocycles. The summed E-state index contributed by atoms with van der Waals surface area (Å²) in [6.45, 7) is 4.33. The second-order valence-corrected chi connectivity index (χ2v) is 2.81. The number of carbonyl (C=O) groups excluding carboxylic acids is 2. The molecule has 0 saturated heterocycles. The fraction of sp³-hybridized carbons (Fsp3) is 0.636. The molecule has 0 rings (SSSR count). The second-order valence-electron chi connectivity index (χ2n) is 2.81. The average Bonchev–Trinajstić information content (AvgIpc) is 2.22. The largest absolute Gasteiger partial charge is 0.456 e. The number of ether oxygens (including phenoxy) is 2. The van der Waals surface area contributed by atoms with E-state index in [-0.39, 0.29) is 6.61 Å². The van der Waals surface area contributed by atoms with Crippen molar-refractivity contribution in [1.29, 1.82) is 0 Å². The Morgan fingerprint density at radius 1 is 1.00 bits per heavy atom. The lowest BCUT2D eigenvalue weighted by Gasteiger charge is -1.98. The van der Waals surface area contributed by atoms with Crippen molar-refractivity contribution in [3.63, 3.8) is 0 Å². The van der Waals surface area contributed by atoms with Crippen molar-refractivity contribution in [3.05, 3.63) is 0 Å². The molecule has 0 radical (unpaired) electrons. The standard InChI is InChI=1S/C11H16O4/c1-3-5-6-9-15-11(13)8-7-10(12)14-4-2/h3-6,9H2,1-2H3. The van der Waals surface area contributed by atoms with Crippen LogP contribution in [-0.2, 0) is 19.1 Å². The third-order valence-electron chi connectivity index (χ3n) is 1.52. The minimum absolute atomic E-state index is 0.249. The van der Waals surface area contributed by atoms with Gasteiger partial charge in [0.05, 0.1) is 13.2 Å². The van der Waals surface area contributed by atoms with Gasteiger partial charge in [0.2, 0.25) is 0 Å². The molecule has 0 bridgehead atoms. The molecule has 0 N–H and O–H groups in total. The first-order chi connectivity index (χ1) is 7.20. The van der Waals surface area contributed by atoms with Crippen LogP contribution < -0.4 is 0 Å². The summed E-state index contributed by atoms with van der Waals surface area (Å²) in [6, 6.07) is 0. The molecule has 4 nitrogen and oxygen atoms in total. The van der Waals surface area contributed by atoms with Crippen LogP contribution in [0.3, 0.4) is 0 Å². The molecule has 0 atom stereocenters. The summed E-state index contributed by atoms with van der Waals surface area (Å²) in [5, 5.41) is 0. The van der Waals surface area contributed by atoms with E-state index >= 15 is 0 Å². The van der Waals surface area contributed by atoms with Crippen molar-refractivity contribution in [1.82, 2.24) is 0 Å². The van der Waals surface area contributed by atoms with E-state index in [0.29, 0.717) is 6.61 Å². The SMILES string of the molecule is CCCCCOC(=O)C#CC(=O)OCC. The van der Waals surface area contributed by atoms with Crippen LogP contribution >= 0.6 is 0 Å². The van der Waals surface area contributed by atoms with Gasteiger partial charge in [0.15, 0.2) is 0 Å². The van der Waals surface area contributed by atoms with E-state index in [1.807, 2.05) is 5.92 Å². The molecule has 0 aliphatic carbocycles. The van der Waals surface area contributed by atoms with Crippen molar-refractivity contribution in [2.24, 2.45) is 0 Å². The topological polar surface area (TPSA) is 52.6 Å². The summed E-state index contributed by atoms with van der Waals surface area (Å²) in [6.07, 6.45) is 2.90. The summed E-state index contributed by atoms with van der Waals surface area (Å²) >= 11 is 0. The summed E-state index contributed by atoms with van der Waals surface area (Å²) in [4.78, 5) is 21.6. The Hall–Kier alpha value is -1.50. The molecular formula is C11H16O4. The van der Waals surface area contributed by atoms with Gasteiger partial charge >= 0.3 is 11.9 Å². The summed E-state index contributed by atoms with van der Waals surface area (Å²) < 4.78 is 9.27. The Labute approximate surface area is 89.9 Å². The van der Waals surface area contributed by atoms with Crippen LogP contribution in [0.4, 0.5) is 0 Å². The molecule has 0 aliphatic rings. The van der Waals surface area contributed by atoms with Gasteiger partial charge in [-0.1, -0.05) is 19.8 Å².